The second-order valence-corrected chi connectivity index (χ2v) is 11.7. The molecule has 1 aromatic heterocycles. The topological polar surface area (TPSA) is 54.8 Å². The highest BCUT2D eigenvalue weighted by Crippen LogP contribution is 2.48. The number of ether oxygens (including phenoxy) is 2. The summed E-state index contributed by atoms with van der Waals surface area (Å²) < 4.78 is 12.5. The number of nitrogens with zero attached hydrogens (tertiary/aromatic N) is 2. The molecule has 0 spiro atoms. The van der Waals surface area contributed by atoms with Crippen molar-refractivity contribution in [1.29, 1.82) is 0 Å². The maximum Gasteiger partial charge on any atom is 0.217 e. The van der Waals surface area contributed by atoms with Crippen LogP contribution in [-0.2, 0) is 10.3 Å². The molecule has 0 radical (unpaired) electrons. The summed E-state index contributed by atoms with van der Waals surface area (Å²) in [5, 5.41) is 16.4. The minimum Gasteiger partial charge on any atom is -0.481 e. The van der Waals surface area contributed by atoms with Crippen molar-refractivity contribution in [1.82, 2.24) is 9.88 Å². The maximum absolute atomic E-state index is 13.1. The quantitative estimate of drug-likeness (QED) is 0.190. The van der Waals surface area contributed by atoms with Crippen molar-refractivity contribution in [2.45, 2.75) is 24.4 Å². The fourth-order valence-electron chi connectivity index (χ4n) is 6.19. The Hall–Kier alpha value is -3.29. The number of rotatable bonds is 9. The van der Waals surface area contributed by atoms with Crippen LogP contribution >= 0.6 is 15.9 Å². The van der Waals surface area contributed by atoms with Gasteiger partial charge < -0.3 is 14.6 Å². The van der Waals surface area contributed by atoms with Gasteiger partial charge in [0.25, 0.3) is 0 Å². The zero-order valence-electron chi connectivity index (χ0n) is 23.3. The Labute approximate surface area is 249 Å². The van der Waals surface area contributed by atoms with Crippen molar-refractivity contribution in [2.24, 2.45) is 0 Å². The Kier molecular flexibility index (Phi) is 8.35. The van der Waals surface area contributed by atoms with Crippen molar-refractivity contribution in [3.63, 3.8) is 0 Å². The number of halogens is 1. The molecule has 1 N–H and O–H groups in total. The molecule has 0 aliphatic carbocycles. The summed E-state index contributed by atoms with van der Waals surface area (Å²) in [4.78, 5) is 7.34. The van der Waals surface area contributed by atoms with Crippen molar-refractivity contribution in [3.05, 3.63) is 118 Å². The molecule has 1 aliphatic rings. The van der Waals surface area contributed by atoms with E-state index in [0.29, 0.717) is 12.3 Å². The highest BCUT2D eigenvalue weighted by molar-refractivity contribution is 9.10. The SMILES string of the molecule is COc1nc2ccc(Br)cc2cc1C(c1ccccc1)C(O)(CCCN1CCOCC1)c1ccc2ccccc2c1. The van der Waals surface area contributed by atoms with Crippen molar-refractivity contribution >= 4 is 37.6 Å². The number of aromatic nitrogens is 1. The summed E-state index contributed by atoms with van der Waals surface area (Å²) in [5.41, 5.74) is 2.40. The molecule has 2 atom stereocenters. The summed E-state index contributed by atoms with van der Waals surface area (Å²) in [6, 6.07) is 33.1. The van der Waals surface area contributed by atoms with Crippen LogP contribution in [0.5, 0.6) is 5.88 Å². The Bertz CT molecular complexity index is 1640. The highest BCUT2D eigenvalue weighted by Gasteiger charge is 2.42. The van der Waals surface area contributed by atoms with E-state index < -0.39 is 11.5 Å². The lowest BCUT2D eigenvalue weighted by Gasteiger charge is -2.39. The van der Waals surface area contributed by atoms with E-state index >= 15 is 0 Å². The van der Waals surface area contributed by atoms with Crippen molar-refractivity contribution < 1.29 is 14.6 Å². The molecule has 2 heterocycles. The molecule has 41 heavy (non-hydrogen) atoms. The van der Waals surface area contributed by atoms with Gasteiger partial charge in [0.1, 0.15) is 5.60 Å². The number of pyridine rings is 1. The lowest BCUT2D eigenvalue weighted by atomic mass is 9.71. The molecule has 0 amide bonds. The van der Waals surface area contributed by atoms with Gasteiger partial charge in [-0.2, -0.15) is 0 Å². The van der Waals surface area contributed by atoms with Crippen LogP contribution in [0.3, 0.4) is 0 Å². The lowest BCUT2D eigenvalue weighted by Crippen LogP contribution is -2.39. The normalized spacial score (nSPS) is 16.5. The van der Waals surface area contributed by atoms with Gasteiger partial charge in [0.15, 0.2) is 0 Å². The number of hydrogen-bond donors (Lipinski definition) is 1. The van der Waals surface area contributed by atoms with E-state index in [1.807, 2.05) is 42.5 Å². The molecular weight excluding hydrogens is 576 g/mol. The minimum absolute atomic E-state index is 0.416. The molecule has 6 heteroatoms. The van der Waals surface area contributed by atoms with Gasteiger partial charge in [0, 0.05) is 34.4 Å². The number of fused-ring (bicyclic) bond motifs is 2. The van der Waals surface area contributed by atoms with E-state index in [1.54, 1.807) is 7.11 Å². The van der Waals surface area contributed by atoms with Gasteiger partial charge in [-0.25, -0.2) is 4.98 Å². The third-order valence-electron chi connectivity index (χ3n) is 8.27. The van der Waals surface area contributed by atoms with Gasteiger partial charge in [-0.15, -0.1) is 0 Å². The van der Waals surface area contributed by atoms with E-state index in [4.69, 9.17) is 14.5 Å². The van der Waals surface area contributed by atoms with E-state index in [0.717, 1.165) is 82.1 Å². The van der Waals surface area contributed by atoms with Crippen LogP contribution < -0.4 is 4.74 Å². The second-order valence-electron chi connectivity index (χ2n) is 10.8. The first-order valence-corrected chi connectivity index (χ1v) is 15.1. The van der Waals surface area contributed by atoms with Gasteiger partial charge in [0.2, 0.25) is 5.88 Å². The maximum atomic E-state index is 13.1. The Balaban J connectivity index is 1.52. The molecule has 5 nitrogen and oxygen atoms in total. The van der Waals surface area contributed by atoms with Crippen LogP contribution in [0.1, 0.15) is 35.4 Å². The van der Waals surface area contributed by atoms with Gasteiger partial charge in [-0.1, -0.05) is 82.7 Å². The van der Waals surface area contributed by atoms with Crippen LogP contribution in [0.2, 0.25) is 0 Å². The fraction of sp³-hybridized carbons (Fsp3) is 0.286. The third kappa shape index (κ3) is 5.88. The van der Waals surface area contributed by atoms with Gasteiger partial charge in [-0.05, 0) is 71.6 Å². The van der Waals surface area contributed by atoms with Crippen LogP contribution in [0, 0.1) is 0 Å². The number of hydrogen-bond acceptors (Lipinski definition) is 5. The van der Waals surface area contributed by atoms with Gasteiger partial charge in [-0.3, -0.25) is 4.90 Å². The first kappa shape index (κ1) is 27.9. The Morgan fingerprint density at radius 2 is 1.66 bits per heavy atom. The second kappa shape index (κ2) is 12.3. The molecule has 1 aliphatic heterocycles. The molecule has 0 saturated carbocycles. The summed E-state index contributed by atoms with van der Waals surface area (Å²) >= 11 is 3.62. The fourth-order valence-corrected chi connectivity index (χ4v) is 6.56. The van der Waals surface area contributed by atoms with Crippen molar-refractivity contribution in [3.8, 4) is 5.88 Å². The van der Waals surface area contributed by atoms with E-state index in [-0.39, 0.29) is 0 Å². The summed E-state index contributed by atoms with van der Waals surface area (Å²) in [6.45, 7) is 4.27. The van der Waals surface area contributed by atoms with Gasteiger partial charge >= 0.3 is 0 Å². The summed E-state index contributed by atoms with van der Waals surface area (Å²) in [6.07, 6.45) is 1.41. The molecular formula is C35H35BrN2O3. The molecule has 0 bridgehead atoms. The number of benzene rings is 4. The molecule has 1 saturated heterocycles. The zero-order chi connectivity index (χ0) is 28.2. The smallest absolute Gasteiger partial charge is 0.217 e. The molecule has 210 valence electrons. The first-order chi connectivity index (χ1) is 20.0. The monoisotopic (exact) mass is 610 g/mol. The average molecular weight is 612 g/mol. The minimum atomic E-state index is -1.23. The average Bonchev–Trinajstić information content (AvgIpc) is 3.01. The molecule has 2 unspecified atom stereocenters. The van der Waals surface area contributed by atoms with E-state index in [1.165, 1.54) is 0 Å². The number of morpholine rings is 1. The number of methoxy groups -OCH3 is 1. The number of aliphatic hydroxyl groups is 1. The molecule has 6 rings (SSSR count). The van der Waals surface area contributed by atoms with E-state index in [2.05, 4.69) is 75.4 Å². The predicted octanol–water partition coefficient (Wildman–Crippen LogP) is 7.29. The Morgan fingerprint density at radius 1 is 0.902 bits per heavy atom. The highest BCUT2D eigenvalue weighted by atomic mass is 79.9. The van der Waals surface area contributed by atoms with Crippen LogP contribution in [0.25, 0.3) is 21.7 Å². The van der Waals surface area contributed by atoms with Crippen molar-refractivity contribution in [2.75, 3.05) is 40.0 Å². The summed E-state index contributed by atoms with van der Waals surface area (Å²) in [5.74, 6) is 0.112. The van der Waals surface area contributed by atoms with Crippen LogP contribution in [0.4, 0.5) is 0 Å². The van der Waals surface area contributed by atoms with Crippen LogP contribution in [0.15, 0.2) is 102 Å². The molecule has 5 aromatic rings. The van der Waals surface area contributed by atoms with Gasteiger partial charge in [0.05, 0.1) is 25.8 Å². The first-order valence-electron chi connectivity index (χ1n) is 14.3. The Morgan fingerprint density at radius 3 is 2.44 bits per heavy atom. The van der Waals surface area contributed by atoms with E-state index in [9.17, 15) is 5.11 Å². The molecule has 4 aromatic carbocycles. The molecule has 1 fully saturated rings. The summed E-state index contributed by atoms with van der Waals surface area (Å²) in [7, 11) is 1.66. The largest absolute Gasteiger partial charge is 0.481 e. The predicted molar refractivity (Wildman–Crippen MR) is 169 cm³/mol. The lowest BCUT2D eigenvalue weighted by molar-refractivity contribution is -0.000984. The third-order valence-corrected chi connectivity index (χ3v) is 8.76. The standard InChI is InChI=1S/C35H35BrN2O3/c1-40-34-31(24-28-23-30(36)14-15-32(28)37-34)33(26-9-3-2-4-10-26)35(39,16-7-17-38-18-20-41-21-19-38)29-13-12-25-8-5-6-11-27(25)22-29/h2-6,8-15,22-24,33,39H,7,16-21H2,1H3. The zero-order valence-corrected chi connectivity index (χ0v) is 24.9. The van der Waals surface area contributed by atoms with Crippen LogP contribution in [-0.4, -0.2) is 54.9 Å².